The van der Waals surface area contributed by atoms with E-state index in [4.69, 9.17) is 27.5 Å². The number of hydrogen-bond donors (Lipinski definition) is 2. The third-order valence-electron chi connectivity index (χ3n) is 2.67. The van der Waals surface area contributed by atoms with Gasteiger partial charge in [-0.1, -0.05) is 17.7 Å². The molecule has 0 aliphatic heterocycles. The van der Waals surface area contributed by atoms with Crippen molar-refractivity contribution in [1.29, 1.82) is 5.41 Å². The Kier molecular flexibility index (Phi) is 4.02. The molecular formula is C14H14ClN3O. The molecule has 0 fully saturated rings. The van der Waals surface area contributed by atoms with Crippen molar-refractivity contribution in [3.05, 3.63) is 58.4 Å². The third-order valence-corrected chi connectivity index (χ3v) is 2.90. The van der Waals surface area contributed by atoms with Crippen LogP contribution in [0.15, 0.2) is 36.5 Å². The summed E-state index contributed by atoms with van der Waals surface area (Å²) < 4.78 is 5.72. The molecule has 4 nitrogen and oxygen atoms in total. The molecule has 2 aromatic rings. The number of rotatable bonds is 4. The molecule has 1 aromatic heterocycles. The van der Waals surface area contributed by atoms with Gasteiger partial charge in [0.2, 0.25) is 0 Å². The first-order valence-electron chi connectivity index (χ1n) is 5.75. The normalized spacial score (nSPS) is 10.2. The summed E-state index contributed by atoms with van der Waals surface area (Å²) in [6.45, 7) is 2.24. The van der Waals surface area contributed by atoms with Crippen molar-refractivity contribution in [2.24, 2.45) is 5.73 Å². The van der Waals surface area contributed by atoms with Crippen LogP contribution in [-0.4, -0.2) is 10.8 Å². The highest BCUT2D eigenvalue weighted by molar-refractivity contribution is 6.30. The van der Waals surface area contributed by atoms with Crippen molar-refractivity contribution in [2.45, 2.75) is 13.5 Å². The van der Waals surface area contributed by atoms with Crippen LogP contribution in [0.5, 0.6) is 5.75 Å². The van der Waals surface area contributed by atoms with E-state index in [1.165, 1.54) is 0 Å². The molecule has 0 atom stereocenters. The van der Waals surface area contributed by atoms with E-state index >= 15 is 0 Å². The lowest BCUT2D eigenvalue weighted by molar-refractivity contribution is 0.303. The van der Waals surface area contributed by atoms with Crippen LogP contribution in [0.2, 0.25) is 5.02 Å². The number of halogens is 1. The number of nitrogens with two attached hydrogens (primary N) is 1. The SMILES string of the molecule is Cc1cc(Cl)ccc1OCc1cccnc1C(=N)N. The molecular weight excluding hydrogens is 262 g/mol. The predicted molar refractivity (Wildman–Crippen MR) is 75.8 cm³/mol. The van der Waals surface area contributed by atoms with E-state index in [1.54, 1.807) is 18.3 Å². The Hall–Kier alpha value is -2.07. The lowest BCUT2D eigenvalue weighted by Gasteiger charge is -2.11. The van der Waals surface area contributed by atoms with Gasteiger partial charge in [0.1, 0.15) is 23.9 Å². The van der Waals surface area contributed by atoms with Gasteiger partial charge in [-0.2, -0.15) is 0 Å². The second-order valence-corrected chi connectivity index (χ2v) is 4.56. The number of pyridine rings is 1. The van der Waals surface area contributed by atoms with E-state index in [1.807, 2.05) is 25.1 Å². The zero-order valence-electron chi connectivity index (χ0n) is 10.5. The molecule has 98 valence electrons. The van der Waals surface area contributed by atoms with Gasteiger partial charge in [-0.15, -0.1) is 0 Å². The fraction of sp³-hybridized carbons (Fsp3) is 0.143. The smallest absolute Gasteiger partial charge is 0.142 e. The molecule has 5 heteroatoms. The molecule has 19 heavy (non-hydrogen) atoms. The van der Waals surface area contributed by atoms with Crippen LogP contribution in [0.3, 0.4) is 0 Å². The quantitative estimate of drug-likeness (QED) is 0.666. The highest BCUT2D eigenvalue weighted by Gasteiger charge is 2.08. The summed E-state index contributed by atoms with van der Waals surface area (Å²) in [6, 6.07) is 9.07. The van der Waals surface area contributed by atoms with Gasteiger partial charge in [0.25, 0.3) is 0 Å². The van der Waals surface area contributed by atoms with Crippen LogP contribution in [-0.2, 0) is 6.61 Å². The molecule has 0 bridgehead atoms. The second kappa shape index (κ2) is 5.71. The van der Waals surface area contributed by atoms with Gasteiger partial charge in [0.05, 0.1) is 0 Å². The summed E-state index contributed by atoms with van der Waals surface area (Å²) in [5, 5.41) is 8.15. The topological polar surface area (TPSA) is 72.0 Å². The highest BCUT2D eigenvalue weighted by atomic mass is 35.5. The molecule has 2 rings (SSSR count). The number of nitrogens with one attached hydrogen (secondary N) is 1. The number of amidine groups is 1. The standard InChI is InChI=1S/C14H14ClN3O/c1-9-7-11(15)4-5-12(9)19-8-10-3-2-6-18-13(10)14(16)17/h2-7H,8H2,1H3,(H3,16,17). The van der Waals surface area contributed by atoms with E-state index in [2.05, 4.69) is 4.98 Å². The van der Waals surface area contributed by atoms with Gasteiger partial charge >= 0.3 is 0 Å². The summed E-state index contributed by atoms with van der Waals surface area (Å²) in [5.41, 5.74) is 7.67. The third kappa shape index (κ3) is 3.23. The van der Waals surface area contributed by atoms with E-state index in [0.29, 0.717) is 17.3 Å². The van der Waals surface area contributed by atoms with Crippen LogP contribution in [0.1, 0.15) is 16.8 Å². The van der Waals surface area contributed by atoms with Crippen LogP contribution in [0.4, 0.5) is 0 Å². The van der Waals surface area contributed by atoms with Gasteiger partial charge < -0.3 is 10.5 Å². The highest BCUT2D eigenvalue weighted by Crippen LogP contribution is 2.23. The summed E-state index contributed by atoms with van der Waals surface area (Å²) in [6.07, 6.45) is 1.60. The molecule has 0 radical (unpaired) electrons. The van der Waals surface area contributed by atoms with Crippen molar-refractivity contribution in [2.75, 3.05) is 0 Å². The van der Waals surface area contributed by atoms with E-state index in [9.17, 15) is 0 Å². The number of benzene rings is 1. The average Bonchev–Trinajstić information content (AvgIpc) is 2.38. The predicted octanol–water partition coefficient (Wildman–Crippen LogP) is 2.91. The summed E-state index contributed by atoms with van der Waals surface area (Å²) in [4.78, 5) is 4.08. The first-order valence-corrected chi connectivity index (χ1v) is 6.13. The second-order valence-electron chi connectivity index (χ2n) is 4.12. The van der Waals surface area contributed by atoms with E-state index in [0.717, 1.165) is 16.9 Å². The molecule has 0 aliphatic carbocycles. The largest absolute Gasteiger partial charge is 0.489 e. The molecule has 0 amide bonds. The van der Waals surface area contributed by atoms with Crippen LogP contribution in [0.25, 0.3) is 0 Å². The lowest BCUT2D eigenvalue weighted by Crippen LogP contribution is -2.16. The Balaban J connectivity index is 2.17. The Labute approximate surface area is 116 Å². The van der Waals surface area contributed by atoms with Gasteiger partial charge in [-0.05, 0) is 36.8 Å². The van der Waals surface area contributed by atoms with Crippen molar-refractivity contribution in [1.82, 2.24) is 4.98 Å². The van der Waals surface area contributed by atoms with Gasteiger partial charge in [-0.3, -0.25) is 10.4 Å². The van der Waals surface area contributed by atoms with Gasteiger partial charge in [-0.25, -0.2) is 0 Å². The molecule has 0 saturated carbocycles. The molecule has 0 spiro atoms. The van der Waals surface area contributed by atoms with Crippen LogP contribution in [0, 0.1) is 12.3 Å². The number of ether oxygens (including phenoxy) is 1. The zero-order chi connectivity index (χ0) is 13.8. The maximum atomic E-state index is 7.47. The maximum Gasteiger partial charge on any atom is 0.142 e. The number of nitrogen functional groups attached to an aromatic ring is 1. The monoisotopic (exact) mass is 275 g/mol. The Morgan fingerprint density at radius 3 is 2.89 bits per heavy atom. The minimum Gasteiger partial charge on any atom is -0.489 e. The Morgan fingerprint density at radius 1 is 1.42 bits per heavy atom. The molecule has 3 N–H and O–H groups in total. The van der Waals surface area contributed by atoms with Crippen LogP contribution >= 0.6 is 11.6 Å². The minimum atomic E-state index is -0.0629. The lowest BCUT2D eigenvalue weighted by atomic mass is 10.2. The number of nitrogens with zero attached hydrogens (tertiary/aromatic N) is 1. The van der Waals surface area contributed by atoms with Crippen molar-refractivity contribution < 1.29 is 4.74 Å². The summed E-state index contributed by atoms with van der Waals surface area (Å²) in [7, 11) is 0. The fourth-order valence-electron chi connectivity index (χ4n) is 1.73. The van der Waals surface area contributed by atoms with Crippen molar-refractivity contribution >= 4 is 17.4 Å². The Morgan fingerprint density at radius 2 is 2.21 bits per heavy atom. The molecule has 0 saturated heterocycles. The minimum absolute atomic E-state index is 0.0629. The average molecular weight is 276 g/mol. The number of hydrogen-bond acceptors (Lipinski definition) is 3. The summed E-state index contributed by atoms with van der Waals surface area (Å²) in [5.74, 6) is 0.690. The molecule has 0 unspecified atom stereocenters. The zero-order valence-corrected chi connectivity index (χ0v) is 11.2. The van der Waals surface area contributed by atoms with Crippen LogP contribution < -0.4 is 10.5 Å². The Bertz CT molecular complexity index is 613. The van der Waals surface area contributed by atoms with E-state index in [-0.39, 0.29) is 5.84 Å². The first kappa shape index (κ1) is 13.4. The van der Waals surface area contributed by atoms with Crippen molar-refractivity contribution in [3.63, 3.8) is 0 Å². The first-order chi connectivity index (χ1) is 9.08. The molecule has 0 aliphatic rings. The maximum absolute atomic E-state index is 7.47. The molecule has 1 aromatic carbocycles. The molecule has 1 heterocycles. The van der Waals surface area contributed by atoms with Gasteiger partial charge in [0, 0.05) is 16.8 Å². The van der Waals surface area contributed by atoms with Gasteiger partial charge in [0.15, 0.2) is 0 Å². The number of aromatic nitrogens is 1. The van der Waals surface area contributed by atoms with Crippen molar-refractivity contribution in [3.8, 4) is 5.75 Å². The van der Waals surface area contributed by atoms with E-state index < -0.39 is 0 Å². The fourth-order valence-corrected chi connectivity index (χ4v) is 1.95. The number of aryl methyl sites for hydroxylation is 1. The summed E-state index contributed by atoms with van der Waals surface area (Å²) >= 11 is 5.89.